The summed E-state index contributed by atoms with van der Waals surface area (Å²) in [6.45, 7) is 9.91. The van der Waals surface area contributed by atoms with Crippen LogP contribution in [0.2, 0.25) is 0 Å². The van der Waals surface area contributed by atoms with Crippen molar-refractivity contribution in [3.8, 4) is 0 Å². The van der Waals surface area contributed by atoms with Crippen LogP contribution in [0.25, 0.3) is 0 Å². The average Bonchev–Trinajstić information content (AvgIpc) is 2.48. The number of ether oxygens (including phenoxy) is 2. The van der Waals surface area contributed by atoms with Gasteiger partial charge in [-0.2, -0.15) is 0 Å². The molecule has 4 heteroatoms. The number of esters is 2. The van der Waals surface area contributed by atoms with Crippen molar-refractivity contribution in [1.29, 1.82) is 0 Å². The van der Waals surface area contributed by atoms with Crippen molar-refractivity contribution in [3.63, 3.8) is 0 Å². The molecule has 0 atom stereocenters. The number of carbonyl (C=O) groups is 2. The van der Waals surface area contributed by atoms with Crippen molar-refractivity contribution in [2.75, 3.05) is 14.2 Å². The van der Waals surface area contributed by atoms with E-state index in [0.717, 1.165) is 0 Å². The van der Waals surface area contributed by atoms with Gasteiger partial charge in [0.25, 0.3) is 0 Å². The summed E-state index contributed by atoms with van der Waals surface area (Å²) in [4.78, 5) is 20.4. The van der Waals surface area contributed by atoms with Crippen LogP contribution in [0.15, 0.2) is 24.3 Å². The minimum absolute atomic E-state index is 0.347. The SMILES string of the molecule is C1CCCCC1.C=C(C)C(=O)OC.C=C(C)C(=O)OC. The van der Waals surface area contributed by atoms with Gasteiger partial charge in [0.2, 0.25) is 0 Å². The molecule has 1 saturated carbocycles. The van der Waals surface area contributed by atoms with Crippen molar-refractivity contribution in [3.05, 3.63) is 24.3 Å². The Morgan fingerprint density at radius 3 is 0.950 bits per heavy atom. The zero-order valence-electron chi connectivity index (χ0n) is 13.3. The van der Waals surface area contributed by atoms with Crippen molar-refractivity contribution in [1.82, 2.24) is 0 Å². The van der Waals surface area contributed by atoms with Crippen LogP contribution in [0.4, 0.5) is 0 Å². The van der Waals surface area contributed by atoms with Gasteiger partial charge in [0.15, 0.2) is 0 Å². The Morgan fingerprint density at radius 1 is 0.700 bits per heavy atom. The second-order valence-corrected chi connectivity index (χ2v) is 4.67. The Kier molecular flexibility index (Phi) is 14.3. The Balaban J connectivity index is 0. The summed E-state index contributed by atoms with van der Waals surface area (Å²) in [6.07, 6.45) is 9.00. The van der Waals surface area contributed by atoms with E-state index in [0.29, 0.717) is 11.1 Å². The Bertz CT molecular complexity index is 277. The van der Waals surface area contributed by atoms with Crippen LogP contribution in [-0.2, 0) is 19.1 Å². The number of rotatable bonds is 2. The Hall–Kier alpha value is -1.58. The van der Waals surface area contributed by atoms with Crippen LogP contribution in [0.1, 0.15) is 52.4 Å². The van der Waals surface area contributed by atoms with E-state index in [2.05, 4.69) is 22.6 Å². The van der Waals surface area contributed by atoms with Gasteiger partial charge in [-0.3, -0.25) is 0 Å². The molecule has 0 N–H and O–H groups in total. The first-order valence-electron chi connectivity index (χ1n) is 6.84. The molecule has 0 aromatic rings. The lowest BCUT2D eigenvalue weighted by atomic mass is 10.0. The molecule has 116 valence electrons. The maximum atomic E-state index is 10.2. The summed E-state index contributed by atoms with van der Waals surface area (Å²) in [6, 6.07) is 0. The summed E-state index contributed by atoms with van der Waals surface area (Å²) in [7, 11) is 2.66. The van der Waals surface area contributed by atoms with Crippen LogP contribution < -0.4 is 0 Å². The first-order chi connectivity index (χ1) is 9.36. The molecule has 1 aliphatic rings. The third-order valence-corrected chi connectivity index (χ3v) is 2.57. The predicted octanol–water partition coefficient (Wildman–Crippen LogP) is 3.81. The minimum atomic E-state index is -0.347. The predicted molar refractivity (Wildman–Crippen MR) is 81.4 cm³/mol. The molecule has 4 nitrogen and oxygen atoms in total. The maximum Gasteiger partial charge on any atom is 0.332 e. The van der Waals surface area contributed by atoms with Gasteiger partial charge in [-0.05, 0) is 13.8 Å². The molecule has 0 aromatic heterocycles. The highest BCUT2D eigenvalue weighted by molar-refractivity contribution is 5.87. The van der Waals surface area contributed by atoms with Gasteiger partial charge in [0.1, 0.15) is 0 Å². The lowest BCUT2D eigenvalue weighted by Crippen LogP contribution is -1.98. The molecule has 1 fully saturated rings. The molecule has 0 saturated heterocycles. The molecule has 0 aromatic carbocycles. The highest BCUT2D eigenvalue weighted by Gasteiger charge is 1.96. The van der Waals surface area contributed by atoms with Gasteiger partial charge < -0.3 is 9.47 Å². The van der Waals surface area contributed by atoms with E-state index >= 15 is 0 Å². The summed E-state index contributed by atoms with van der Waals surface area (Å²) < 4.78 is 8.55. The number of methoxy groups -OCH3 is 2. The van der Waals surface area contributed by atoms with E-state index in [4.69, 9.17) is 0 Å². The van der Waals surface area contributed by atoms with E-state index < -0.39 is 0 Å². The van der Waals surface area contributed by atoms with Gasteiger partial charge in [0, 0.05) is 11.1 Å². The molecule has 0 unspecified atom stereocenters. The molecule has 0 heterocycles. The molecule has 0 radical (unpaired) electrons. The Morgan fingerprint density at radius 2 is 0.900 bits per heavy atom. The van der Waals surface area contributed by atoms with Gasteiger partial charge in [-0.15, -0.1) is 0 Å². The third kappa shape index (κ3) is 14.5. The summed E-state index contributed by atoms with van der Waals surface area (Å²) >= 11 is 0. The van der Waals surface area contributed by atoms with Crippen LogP contribution in [-0.4, -0.2) is 26.2 Å². The van der Waals surface area contributed by atoms with E-state index in [-0.39, 0.29) is 11.9 Å². The van der Waals surface area contributed by atoms with Crippen molar-refractivity contribution in [2.45, 2.75) is 52.4 Å². The van der Waals surface area contributed by atoms with Crippen LogP contribution in [0, 0.1) is 0 Å². The van der Waals surface area contributed by atoms with Gasteiger partial charge in [0.05, 0.1) is 14.2 Å². The third-order valence-electron chi connectivity index (χ3n) is 2.57. The first kappa shape index (κ1) is 20.7. The molecule has 0 bridgehead atoms. The van der Waals surface area contributed by atoms with Crippen LogP contribution in [0.5, 0.6) is 0 Å². The van der Waals surface area contributed by atoms with Gasteiger partial charge >= 0.3 is 11.9 Å². The van der Waals surface area contributed by atoms with E-state index in [1.807, 2.05) is 0 Å². The van der Waals surface area contributed by atoms with Gasteiger partial charge in [-0.1, -0.05) is 51.7 Å². The number of hydrogen-bond donors (Lipinski definition) is 0. The molecule has 0 amide bonds. The maximum absolute atomic E-state index is 10.2. The van der Waals surface area contributed by atoms with E-state index in [9.17, 15) is 9.59 Å². The summed E-state index contributed by atoms with van der Waals surface area (Å²) in [5, 5.41) is 0. The monoisotopic (exact) mass is 284 g/mol. The molecule has 20 heavy (non-hydrogen) atoms. The van der Waals surface area contributed by atoms with Gasteiger partial charge in [-0.25, -0.2) is 9.59 Å². The summed E-state index contributed by atoms with van der Waals surface area (Å²) in [5.41, 5.74) is 0.866. The zero-order chi connectivity index (χ0) is 16.0. The fourth-order valence-corrected chi connectivity index (χ4v) is 1.41. The highest BCUT2D eigenvalue weighted by atomic mass is 16.5. The largest absolute Gasteiger partial charge is 0.466 e. The molecule has 1 aliphatic carbocycles. The Labute approximate surface area is 122 Å². The fraction of sp³-hybridized carbons (Fsp3) is 0.625. The van der Waals surface area contributed by atoms with Crippen LogP contribution >= 0.6 is 0 Å². The second kappa shape index (κ2) is 13.8. The quantitative estimate of drug-likeness (QED) is 0.571. The first-order valence-corrected chi connectivity index (χ1v) is 6.84. The molecule has 0 aliphatic heterocycles. The van der Waals surface area contributed by atoms with Crippen LogP contribution in [0.3, 0.4) is 0 Å². The fourth-order valence-electron chi connectivity index (χ4n) is 1.41. The summed E-state index contributed by atoms with van der Waals surface area (Å²) in [5.74, 6) is -0.694. The molecule has 1 rings (SSSR count). The smallest absolute Gasteiger partial charge is 0.332 e. The number of hydrogen-bond acceptors (Lipinski definition) is 4. The van der Waals surface area contributed by atoms with E-state index in [1.54, 1.807) is 13.8 Å². The molecular weight excluding hydrogens is 256 g/mol. The highest BCUT2D eigenvalue weighted by Crippen LogP contribution is 2.15. The average molecular weight is 284 g/mol. The molecule has 0 spiro atoms. The van der Waals surface area contributed by atoms with Crippen molar-refractivity contribution in [2.24, 2.45) is 0 Å². The lowest BCUT2D eigenvalue weighted by Gasteiger charge is -2.05. The lowest BCUT2D eigenvalue weighted by molar-refractivity contribution is -0.136. The normalized spacial score (nSPS) is 12.6. The standard InChI is InChI=1S/C6H12.2C5H8O2/c1-2-4-6-5-3-1;2*1-4(2)5(6)7-3/h1-6H2;2*1H2,2-3H3. The second-order valence-electron chi connectivity index (χ2n) is 4.67. The number of carbonyl (C=O) groups excluding carboxylic acids is 2. The van der Waals surface area contributed by atoms with Crippen molar-refractivity contribution >= 4 is 11.9 Å². The van der Waals surface area contributed by atoms with Crippen molar-refractivity contribution < 1.29 is 19.1 Å². The minimum Gasteiger partial charge on any atom is -0.466 e. The molecular formula is C16H28O4. The van der Waals surface area contributed by atoms with E-state index in [1.165, 1.54) is 52.7 Å². The zero-order valence-corrected chi connectivity index (χ0v) is 13.3. The topological polar surface area (TPSA) is 52.6 Å².